The van der Waals surface area contributed by atoms with Gasteiger partial charge in [0, 0.05) is 29.1 Å². The SMILES string of the molecule is C[NH2+]c1ccccc1C(C)(C)C/C=C/c1c(-c2ccccc2)n(C)c2ccccc12. The molecule has 3 aromatic carbocycles. The molecule has 0 aliphatic carbocycles. The maximum absolute atomic E-state index is 2.35. The topological polar surface area (TPSA) is 21.5 Å². The molecule has 0 aliphatic rings. The van der Waals surface area contributed by atoms with Crippen LogP contribution in [0.15, 0.2) is 84.9 Å². The summed E-state index contributed by atoms with van der Waals surface area (Å²) in [5.41, 5.74) is 7.88. The van der Waals surface area contributed by atoms with E-state index >= 15 is 0 Å². The molecule has 0 unspecified atom stereocenters. The van der Waals surface area contributed by atoms with Crippen molar-refractivity contribution in [3.8, 4) is 11.3 Å². The number of quaternary nitrogens is 1. The molecule has 30 heavy (non-hydrogen) atoms. The Morgan fingerprint density at radius 3 is 2.30 bits per heavy atom. The second kappa shape index (κ2) is 8.33. The van der Waals surface area contributed by atoms with Crippen molar-refractivity contribution in [3.05, 3.63) is 96.1 Å². The average Bonchev–Trinajstić information content (AvgIpc) is 3.06. The van der Waals surface area contributed by atoms with Crippen LogP contribution < -0.4 is 5.32 Å². The molecule has 4 rings (SSSR count). The fraction of sp³-hybridized carbons (Fsp3) is 0.214. The second-order valence-electron chi connectivity index (χ2n) is 8.57. The molecule has 0 amide bonds. The molecule has 0 fully saturated rings. The smallest absolute Gasteiger partial charge is 0.133 e. The highest BCUT2D eigenvalue weighted by Gasteiger charge is 2.24. The van der Waals surface area contributed by atoms with Gasteiger partial charge < -0.3 is 9.88 Å². The number of fused-ring (bicyclic) bond motifs is 1. The minimum absolute atomic E-state index is 0.0666. The molecular formula is C28H31N2+. The zero-order valence-electron chi connectivity index (χ0n) is 18.4. The number of nitrogens with zero attached hydrogens (tertiary/aromatic N) is 1. The highest BCUT2D eigenvalue weighted by Crippen LogP contribution is 2.35. The maximum Gasteiger partial charge on any atom is 0.133 e. The zero-order valence-corrected chi connectivity index (χ0v) is 18.4. The molecule has 0 aliphatic heterocycles. The van der Waals surface area contributed by atoms with Crippen LogP contribution in [0, 0.1) is 0 Å². The minimum atomic E-state index is 0.0666. The van der Waals surface area contributed by atoms with Gasteiger partial charge in [0.15, 0.2) is 0 Å². The Kier molecular flexibility index (Phi) is 5.61. The van der Waals surface area contributed by atoms with Gasteiger partial charge in [-0.05, 0) is 29.5 Å². The number of benzene rings is 3. The molecule has 1 aromatic heterocycles. The second-order valence-corrected chi connectivity index (χ2v) is 8.57. The van der Waals surface area contributed by atoms with Crippen LogP contribution in [0.25, 0.3) is 28.2 Å². The predicted molar refractivity (Wildman–Crippen MR) is 129 cm³/mol. The lowest BCUT2D eigenvalue weighted by atomic mass is 9.80. The van der Waals surface area contributed by atoms with Gasteiger partial charge in [-0.2, -0.15) is 0 Å². The predicted octanol–water partition coefficient (Wildman–Crippen LogP) is 6.05. The van der Waals surface area contributed by atoms with E-state index in [1.807, 2.05) is 0 Å². The van der Waals surface area contributed by atoms with Crippen LogP contribution >= 0.6 is 0 Å². The Bertz CT molecular complexity index is 1180. The van der Waals surface area contributed by atoms with Crippen LogP contribution in [0.2, 0.25) is 0 Å². The number of nitrogens with two attached hydrogens (primary N) is 1. The standard InChI is InChI=1S/C28H30N2/c1-28(2,24-17-9-10-18-25(24)29-3)20-12-16-23-22-15-8-11-19-26(22)30(4)27(23)21-13-6-5-7-14-21/h5-19,29H,20H2,1-4H3/p+1/b16-12+. The monoisotopic (exact) mass is 395 g/mol. The molecule has 0 spiro atoms. The van der Waals surface area contributed by atoms with Crippen molar-refractivity contribution in [2.75, 3.05) is 7.05 Å². The molecule has 0 saturated carbocycles. The van der Waals surface area contributed by atoms with Crippen LogP contribution in [0.1, 0.15) is 31.4 Å². The Labute approximate surface area is 179 Å². The summed E-state index contributed by atoms with van der Waals surface area (Å²) >= 11 is 0. The summed E-state index contributed by atoms with van der Waals surface area (Å²) in [5.74, 6) is 0. The van der Waals surface area contributed by atoms with E-state index in [0.717, 1.165) is 6.42 Å². The van der Waals surface area contributed by atoms with Crippen LogP contribution in [0.4, 0.5) is 5.69 Å². The van der Waals surface area contributed by atoms with Gasteiger partial charge in [0.25, 0.3) is 0 Å². The number of para-hydroxylation sites is 2. The summed E-state index contributed by atoms with van der Waals surface area (Å²) < 4.78 is 2.32. The first-order valence-corrected chi connectivity index (χ1v) is 10.7. The largest absolute Gasteiger partial charge is 0.343 e. The number of rotatable bonds is 6. The summed E-state index contributed by atoms with van der Waals surface area (Å²) in [5, 5.41) is 3.51. The maximum atomic E-state index is 2.35. The van der Waals surface area contributed by atoms with E-state index in [1.54, 1.807) is 0 Å². The van der Waals surface area contributed by atoms with E-state index in [9.17, 15) is 0 Å². The van der Waals surface area contributed by atoms with E-state index in [0.29, 0.717) is 0 Å². The van der Waals surface area contributed by atoms with Crippen molar-refractivity contribution in [2.45, 2.75) is 25.7 Å². The van der Waals surface area contributed by atoms with Gasteiger partial charge in [-0.15, -0.1) is 0 Å². The van der Waals surface area contributed by atoms with Crippen molar-refractivity contribution in [2.24, 2.45) is 7.05 Å². The molecule has 0 radical (unpaired) electrons. The number of hydrogen-bond acceptors (Lipinski definition) is 0. The van der Waals surface area contributed by atoms with E-state index in [-0.39, 0.29) is 5.41 Å². The summed E-state index contributed by atoms with van der Waals surface area (Å²) in [6.07, 6.45) is 5.65. The molecule has 152 valence electrons. The molecule has 0 bridgehead atoms. The molecule has 4 aromatic rings. The molecule has 1 heterocycles. The fourth-order valence-electron chi connectivity index (χ4n) is 4.48. The van der Waals surface area contributed by atoms with E-state index in [4.69, 9.17) is 0 Å². The van der Waals surface area contributed by atoms with Crippen LogP contribution in [0.3, 0.4) is 0 Å². The molecule has 2 N–H and O–H groups in total. The third-order valence-corrected chi connectivity index (χ3v) is 6.11. The van der Waals surface area contributed by atoms with Gasteiger partial charge in [0.2, 0.25) is 0 Å². The molecular weight excluding hydrogens is 364 g/mol. The molecule has 2 nitrogen and oxygen atoms in total. The normalized spacial score (nSPS) is 12.1. The average molecular weight is 396 g/mol. The van der Waals surface area contributed by atoms with Crippen molar-refractivity contribution in [1.29, 1.82) is 0 Å². The summed E-state index contributed by atoms with van der Waals surface area (Å²) in [6.45, 7) is 4.67. The molecule has 0 atom stereocenters. The number of hydrogen-bond donors (Lipinski definition) is 1. The first kappa shape index (κ1) is 20.2. The summed E-state index contributed by atoms with van der Waals surface area (Å²) in [4.78, 5) is 0. The Morgan fingerprint density at radius 2 is 1.53 bits per heavy atom. The third-order valence-electron chi connectivity index (χ3n) is 6.11. The highest BCUT2D eigenvalue weighted by atomic mass is 14.9. The lowest BCUT2D eigenvalue weighted by Crippen LogP contribution is -2.73. The summed E-state index contributed by atoms with van der Waals surface area (Å²) in [6, 6.07) is 28.1. The van der Waals surface area contributed by atoms with Gasteiger partial charge in [-0.1, -0.05) is 92.7 Å². The van der Waals surface area contributed by atoms with E-state index < -0.39 is 0 Å². The molecule has 0 saturated heterocycles. The van der Waals surface area contributed by atoms with Gasteiger partial charge in [0.05, 0.1) is 12.7 Å². The Morgan fingerprint density at radius 1 is 0.867 bits per heavy atom. The fourth-order valence-corrected chi connectivity index (χ4v) is 4.48. The summed E-state index contributed by atoms with van der Waals surface area (Å²) in [7, 11) is 4.28. The Hall–Kier alpha value is -3.10. The molecule has 2 heteroatoms. The van der Waals surface area contributed by atoms with Crippen LogP contribution in [-0.2, 0) is 12.5 Å². The number of aryl methyl sites for hydroxylation is 1. The quantitative estimate of drug-likeness (QED) is 0.384. The van der Waals surface area contributed by atoms with Crippen molar-refractivity contribution in [1.82, 2.24) is 4.57 Å². The Balaban J connectivity index is 1.74. The van der Waals surface area contributed by atoms with Gasteiger partial charge >= 0.3 is 0 Å². The van der Waals surface area contributed by atoms with Crippen molar-refractivity contribution < 1.29 is 5.32 Å². The van der Waals surface area contributed by atoms with Crippen LogP contribution in [0.5, 0.6) is 0 Å². The van der Waals surface area contributed by atoms with Crippen molar-refractivity contribution in [3.63, 3.8) is 0 Å². The van der Waals surface area contributed by atoms with Gasteiger partial charge in [0.1, 0.15) is 5.69 Å². The first-order chi connectivity index (χ1) is 14.5. The number of allylic oxidation sites excluding steroid dienone is 1. The minimum Gasteiger partial charge on any atom is -0.343 e. The lowest BCUT2D eigenvalue weighted by molar-refractivity contribution is -0.540. The lowest BCUT2D eigenvalue weighted by Gasteiger charge is -2.24. The van der Waals surface area contributed by atoms with E-state index in [1.165, 1.54) is 39.0 Å². The third kappa shape index (κ3) is 3.71. The van der Waals surface area contributed by atoms with Crippen molar-refractivity contribution >= 4 is 22.7 Å². The van der Waals surface area contributed by atoms with E-state index in [2.05, 4.69) is 129 Å². The van der Waals surface area contributed by atoms with Crippen LogP contribution in [-0.4, -0.2) is 11.6 Å². The first-order valence-electron chi connectivity index (χ1n) is 10.7. The zero-order chi connectivity index (χ0) is 21.1. The van der Waals surface area contributed by atoms with Gasteiger partial charge in [-0.3, -0.25) is 0 Å². The van der Waals surface area contributed by atoms with Gasteiger partial charge in [-0.25, -0.2) is 0 Å². The highest BCUT2D eigenvalue weighted by molar-refractivity contribution is 5.97. The number of aromatic nitrogens is 1.